The monoisotopic (exact) mass is 544 g/mol. The van der Waals surface area contributed by atoms with Gasteiger partial charge in [-0.2, -0.15) is 0 Å². The number of anilines is 1. The summed E-state index contributed by atoms with van der Waals surface area (Å²) in [5.74, 6) is -1.94. The van der Waals surface area contributed by atoms with E-state index >= 15 is 0 Å². The first kappa shape index (κ1) is 25.3. The summed E-state index contributed by atoms with van der Waals surface area (Å²) in [6.45, 7) is 2.25. The minimum absolute atomic E-state index is 0.0607. The highest BCUT2D eigenvalue weighted by Gasteiger charge is 2.88. The fraction of sp³-hybridized carbons (Fsp3) is 0.452. The number of hydrogen-bond donors (Lipinski definition) is 1. The topological polar surface area (TPSA) is 107 Å². The molecule has 0 amide bonds. The van der Waals surface area contributed by atoms with Gasteiger partial charge < -0.3 is 24.3 Å². The summed E-state index contributed by atoms with van der Waals surface area (Å²) in [6.07, 6.45) is 3.34. The Bertz CT molecular complexity index is 1440. The predicted octanol–water partition coefficient (Wildman–Crippen LogP) is 2.90. The summed E-state index contributed by atoms with van der Waals surface area (Å²) >= 11 is 0. The standard InChI is InChI=1S/C31H32N2O7/c1-19-29(39-19)17-33(2)24-15-23(29)28(27(36)37-3,18-38-25(34)14-13-20-9-5-4-6-10-20)30-16-26(35)40-31(24,30)32-22-12-8-7-11-21(22)30/h4-14,19,23-24,32H,15-18H2,1-3H3. The Hall–Kier alpha value is -3.69. The summed E-state index contributed by atoms with van der Waals surface area (Å²) in [5, 5.41) is 3.56. The number of piperidine rings is 1. The van der Waals surface area contributed by atoms with E-state index in [1.54, 1.807) is 6.08 Å². The van der Waals surface area contributed by atoms with E-state index < -0.39 is 46.0 Å². The first-order chi connectivity index (χ1) is 19.2. The molecular formula is C31H32N2O7. The molecule has 1 saturated carbocycles. The van der Waals surface area contributed by atoms with E-state index in [9.17, 15) is 14.4 Å². The van der Waals surface area contributed by atoms with Gasteiger partial charge in [0.05, 0.1) is 31.1 Å². The Labute approximate surface area is 232 Å². The average Bonchev–Trinajstić information content (AvgIpc) is 3.33. The van der Waals surface area contributed by atoms with E-state index in [4.69, 9.17) is 18.9 Å². The van der Waals surface area contributed by atoms with Crippen molar-refractivity contribution in [2.24, 2.45) is 11.3 Å². The van der Waals surface area contributed by atoms with Crippen LogP contribution in [0.25, 0.3) is 6.08 Å². The molecule has 3 saturated heterocycles. The quantitative estimate of drug-likeness (QED) is 0.263. The highest BCUT2D eigenvalue weighted by molar-refractivity contribution is 5.92. The molecular weight excluding hydrogens is 512 g/mol. The first-order valence-electron chi connectivity index (χ1n) is 13.7. The van der Waals surface area contributed by atoms with E-state index in [2.05, 4.69) is 10.2 Å². The molecule has 4 fully saturated rings. The number of likely N-dealkylation sites (N-methyl/N-ethyl adjacent to an activating group) is 1. The third-order valence-electron chi connectivity index (χ3n) is 10.2. The first-order valence-corrected chi connectivity index (χ1v) is 13.7. The number of para-hydroxylation sites is 1. The number of nitrogens with one attached hydrogen (secondary N) is 1. The molecule has 2 bridgehead atoms. The molecule has 208 valence electrons. The van der Waals surface area contributed by atoms with E-state index in [-0.39, 0.29) is 25.2 Å². The fourth-order valence-electron chi connectivity index (χ4n) is 8.58. The molecule has 9 heteroatoms. The zero-order chi connectivity index (χ0) is 27.9. The van der Waals surface area contributed by atoms with Crippen molar-refractivity contribution in [2.45, 2.75) is 48.7 Å². The number of nitrogens with zero attached hydrogens (tertiary/aromatic N) is 1. The molecule has 2 aromatic rings. The lowest BCUT2D eigenvalue weighted by molar-refractivity contribution is -0.226. The third kappa shape index (κ3) is 2.97. The van der Waals surface area contributed by atoms with Crippen LogP contribution >= 0.6 is 0 Å². The van der Waals surface area contributed by atoms with Crippen LogP contribution in [0.5, 0.6) is 0 Å². The zero-order valence-corrected chi connectivity index (χ0v) is 22.7. The van der Waals surface area contributed by atoms with Crippen LogP contribution in [0.4, 0.5) is 5.69 Å². The van der Waals surface area contributed by atoms with Crippen molar-refractivity contribution >= 4 is 29.7 Å². The molecule has 0 radical (unpaired) electrons. The molecule has 5 aliphatic rings. The Kier molecular flexibility index (Phi) is 5.32. The number of ether oxygens (including phenoxy) is 4. The number of methoxy groups -OCH3 is 1. The molecule has 1 N–H and O–H groups in total. The van der Waals surface area contributed by atoms with Crippen LogP contribution < -0.4 is 5.32 Å². The highest BCUT2D eigenvalue weighted by Crippen LogP contribution is 2.74. The Morgan fingerprint density at radius 3 is 2.60 bits per heavy atom. The van der Waals surface area contributed by atoms with Gasteiger partial charge in [0, 0.05) is 24.2 Å². The highest BCUT2D eigenvalue weighted by atomic mass is 16.6. The molecule has 4 heterocycles. The second-order valence-corrected chi connectivity index (χ2v) is 11.7. The zero-order valence-electron chi connectivity index (χ0n) is 22.7. The largest absolute Gasteiger partial charge is 0.468 e. The van der Waals surface area contributed by atoms with Gasteiger partial charge in [0.1, 0.15) is 17.6 Å². The molecule has 2 aromatic carbocycles. The van der Waals surface area contributed by atoms with Gasteiger partial charge in [-0.05, 0) is 43.7 Å². The van der Waals surface area contributed by atoms with E-state index in [0.717, 1.165) is 16.8 Å². The summed E-state index contributed by atoms with van der Waals surface area (Å²) in [5.41, 5.74) is -2.15. The van der Waals surface area contributed by atoms with E-state index in [0.29, 0.717) is 13.0 Å². The van der Waals surface area contributed by atoms with Crippen LogP contribution in [0, 0.1) is 11.3 Å². The number of carbonyl (C=O) groups excluding carboxylic acids is 3. The number of carbonyl (C=O) groups is 3. The minimum Gasteiger partial charge on any atom is -0.468 e. The fourth-order valence-corrected chi connectivity index (χ4v) is 8.58. The van der Waals surface area contributed by atoms with Crippen LogP contribution in [0.3, 0.4) is 0 Å². The molecule has 9 nitrogen and oxygen atoms in total. The SMILES string of the molecule is COC(=O)C1(COC(=O)C=Cc2ccccc2)C2CC(N(C)CC23OC3C)C23Nc4ccccc4C21CC(=O)O3. The number of likely N-dealkylation sites (tertiary alicyclic amines) is 1. The molecule has 40 heavy (non-hydrogen) atoms. The summed E-state index contributed by atoms with van der Waals surface area (Å²) in [4.78, 5) is 43.1. The van der Waals surface area contributed by atoms with Crippen LogP contribution in [-0.2, 0) is 38.7 Å². The molecule has 7 unspecified atom stereocenters. The lowest BCUT2D eigenvalue weighted by atomic mass is 9.42. The molecule has 1 aliphatic carbocycles. The Balaban J connectivity index is 1.41. The minimum atomic E-state index is -1.47. The van der Waals surface area contributed by atoms with Crippen molar-refractivity contribution in [1.82, 2.24) is 4.90 Å². The van der Waals surface area contributed by atoms with Gasteiger partial charge in [0.25, 0.3) is 0 Å². The van der Waals surface area contributed by atoms with Crippen molar-refractivity contribution in [3.05, 3.63) is 71.8 Å². The average molecular weight is 545 g/mol. The van der Waals surface area contributed by atoms with Crippen LogP contribution in [0.1, 0.15) is 30.9 Å². The van der Waals surface area contributed by atoms with Crippen molar-refractivity contribution in [3.63, 3.8) is 0 Å². The van der Waals surface area contributed by atoms with Crippen LogP contribution in [-0.4, -0.2) is 73.6 Å². The van der Waals surface area contributed by atoms with Gasteiger partial charge in [0.15, 0.2) is 0 Å². The molecule has 7 rings (SSSR count). The second kappa shape index (κ2) is 8.41. The number of hydrogen-bond acceptors (Lipinski definition) is 9. The second-order valence-electron chi connectivity index (χ2n) is 11.7. The third-order valence-corrected chi connectivity index (χ3v) is 10.2. The number of benzene rings is 2. The van der Waals surface area contributed by atoms with E-state index in [1.807, 2.05) is 68.6 Å². The molecule has 4 aliphatic heterocycles. The molecule has 7 atom stereocenters. The molecule has 0 aromatic heterocycles. The summed E-state index contributed by atoms with van der Waals surface area (Å²) in [7, 11) is 3.35. The number of esters is 3. The van der Waals surface area contributed by atoms with Gasteiger partial charge in [-0.25, -0.2) is 4.79 Å². The number of rotatable bonds is 5. The maximum absolute atomic E-state index is 14.4. The molecule has 1 spiro atoms. The lowest BCUT2D eigenvalue weighted by Crippen LogP contribution is -2.80. The number of epoxide rings is 1. The van der Waals surface area contributed by atoms with Crippen LogP contribution in [0.15, 0.2) is 60.7 Å². The smallest absolute Gasteiger partial charge is 0.330 e. The normalized spacial score (nSPS) is 38.7. The summed E-state index contributed by atoms with van der Waals surface area (Å²) < 4.78 is 24.2. The Morgan fingerprint density at radius 1 is 1.15 bits per heavy atom. The van der Waals surface area contributed by atoms with Gasteiger partial charge >= 0.3 is 17.9 Å². The van der Waals surface area contributed by atoms with Crippen molar-refractivity contribution < 1.29 is 33.3 Å². The number of fused-ring (bicyclic) bond motifs is 4. The lowest BCUT2D eigenvalue weighted by Gasteiger charge is -2.64. The van der Waals surface area contributed by atoms with Gasteiger partial charge in [-0.3, -0.25) is 14.5 Å². The summed E-state index contributed by atoms with van der Waals surface area (Å²) in [6, 6.07) is 16.8. The van der Waals surface area contributed by atoms with E-state index in [1.165, 1.54) is 13.2 Å². The van der Waals surface area contributed by atoms with Gasteiger partial charge in [-0.15, -0.1) is 0 Å². The van der Waals surface area contributed by atoms with Gasteiger partial charge in [-0.1, -0.05) is 48.5 Å². The maximum Gasteiger partial charge on any atom is 0.330 e. The maximum atomic E-state index is 14.4. The van der Waals surface area contributed by atoms with Gasteiger partial charge in [0.2, 0.25) is 5.72 Å². The predicted molar refractivity (Wildman–Crippen MR) is 144 cm³/mol. The van der Waals surface area contributed by atoms with Crippen molar-refractivity contribution in [2.75, 3.05) is 32.6 Å². The van der Waals surface area contributed by atoms with Crippen LogP contribution in [0.2, 0.25) is 0 Å². The van der Waals surface area contributed by atoms with Crippen molar-refractivity contribution in [1.29, 1.82) is 0 Å². The van der Waals surface area contributed by atoms with Crippen molar-refractivity contribution in [3.8, 4) is 0 Å². The Morgan fingerprint density at radius 2 is 1.88 bits per heavy atom.